The monoisotopic (exact) mass is 394 g/mol. The molecule has 7 nitrogen and oxygen atoms in total. The van der Waals surface area contributed by atoms with Gasteiger partial charge < -0.3 is 9.98 Å². The molecule has 0 saturated carbocycles. The van der Waals surface area contributed by atoms with Crippen molar-refractivity contribution in [2.75, 3.05) is 0 Å². The predicted octanol–water partition coefficient (Wildman–Crippen LogP) is 3.75. The number of aryl methyl sites for hydroxylation is 1. The van der Waals surface area contributed by atoms with E-state index >= 15 is 0 Å². The number of halogens is 1. The van der Waals surface area contributed by atoms with Gasteiger partial charge in [-0.2, -0.15) is 0 Å². The Bertz CT molecular complexity index is 1250. The summed E-state index contributed by atoms with van der Waals surface area (Å²) < 4.78 is 19.2. The Morgan fingerprint density at radius 1 is 1.17 bits per heavy atom. The molecule has 8 heteroatoms. The molecule has 3 heterocycles. The molecule has 0 spiro atoms. The van der Waals surface area contributed by atoms with E-state index in [0.29, 0.717) is 29.8 Å². The standard InChI is InChI=1S/C21H23FN6O/c1-14(2)28-17-7-9-24-12-19(17)27(21(28)29)13-20-25-16-6-5-15(22)11-18(16)26(20)10-4-3-8-23/h5-9,11-12,14,23H,3-4,10,13H2,1-2H3. The molecule has 0 aliphatic heterocycles. The maximum atomic E-state index is 13.9. The van der Waals surface area contributed by atoms with Gasteiger partial charge in [0.25, 0.3) is 0 Å². The van der Waals surface area contributed by atoms with Crippen molar-refractivity contribution in [2.45, 2.75) is 45.8 Å². The third-order valence-electron chi connectivity index (χ3n) is 5.10. The molecule has 3 aromatic heterocycles. The van der Waals surface area contributed by atoms with Crippen LogP contribution in [0.4, 0.5) is 4.39 Å². The summed E-state index contributed by atoms with van der Waals surface area (Å²) in [5.74, 6) is 0.361. The van der Waals surface area contributed by atoms with Crippen molar-refractivity contribution < 1.29 is 4.39 Å². The van der Waals surface area contributed by atoms with Gasteiger partial charge in [0.1, 0.15) is 11.6 Å². The first-order valence-corrected chi connectivity index (χ1v) is 9.69. The smallest absolute Gasteiger partial charge is 0.326 e. The summed E-state index contributed by atoms with van der Waals surface area (Å²) >= 11 is 0. The van der Waals surface area contributed by atoms with Gasteiger partial charge in [-0.15, -0.1) is 0 Å². The van der Waals surface area contributed by atoms with Crippen LogP contribution in [-0.4, -0.2) is 29.9 Å². The maximum absolute atomic E-state index is 13.9. The van der Waals surface area contributed by atoms with Gasteiger partial charge in [0.2, 0.25) is 0 Å². The summed E-state index contributed by atoms with van der Waals surface area (Å²) in [4.78, 5) is 22.0. The van der Waals surface area contributed by atoms with E-state index in [1.54, 1.807) is 27.6 Å². The largest absolute Gasteiger partial charge is 0.329 e. The van der Waals surface area contributed by atoms with Crippen LogP contribution in [0.5, 0.6) is 0 Å². The lowest BCUT2D eigenvalue weighted by Gasteiger charge is -2.09. The minimum absolute atomic E-state index is 0.00848. The fourth-order valence-electron chi connectivity index (χ4n) is 3.79. The van der Waals surface area contributed by atoms with Crippen molar-refractivity contribution in [2.24, 2.45) is 0 Å². The number of imidazole rings is 2. The quantitative estimate of drug-likeness (QED) is 0.383. The molecule has 0 aliphatic rings. The molecule has 4 rings (SSSR count). The van der Waals surface area contributed by atoms with Crippen molar-refractivity contribution in [3.05, 3.63) is 58.8 Å². The first-order valence-electron chi connectivity index (χ1n) is 9.69. The molecule has 0 bridgehead atoms. The normalized spacial score (nSPS) is 11.7. The third-order valence-corrected chi connectivity index (χ3v) is 5.10. The van der Waals surface area contributed by atoms with Crippen LogP contribution >= 0.6 is 0 Å². The minimum Gasteiger partial charge on any atom is -0.326 e. The van der Waals surface area contributed by atoms with Crippen molar-refractivity contribution in [1.29, 1.82) is 5.41 Å². The fraction of sp³-hybridized carbons (Fsp3) is 0.333. The highest BCUT2D eigenvalue weighted by molar-refractivity contribution is 5.77. The Morgan fingerprint density at radius 3 is 2.76 bits per heavy atom. The van der Waals surface area contributed by atoms with E-state index in [2.05, 4.69) is 9.97 Å². The number of nitrogens with one attached hydrogen (secondary N) is 1. The molecule has 0 saturated heterocycles. The van der Waals surface area contributed by atoms with Gasteiger partial charge in [-0.1, -0.05) is 0 Å². The van der Waals surface area contributed by atoms with Gasteiger partial charge in [-0.3, -0.25) is 14.1 Å². The molecular weight excluding hydrogens is 371 g/mol. The molecule has 1 aromatic carbocycles. The summed E-state index contributed by atoms with van der Waals surface area (Å²) in [6.07, 6.45) is 6.11. The lowest BCUT2D eigenvalue weighted by Crippen LogP contribution is -2.27. The third kappa shape index (κ3) is 3.35. The zero-order chi connectivity index (χ0) is 20.5. The van der Waals surface area contributed by atoms with Crippen LogP contribution in [0.1, 0.15) is 38.6 Å². The van der Waals surface area contributed by atoms with Gasteiger partial charge in [0.05, 0.1) is 34.8 Å². The topological polar surface area (TPSA) is 81.5 Å². The maximum Gasteiger partial charge on any atom is 0.329 e. The highest BCUT2D eigenvalue weighted by atomic mass is 19.1. The molecule has 0 amide bonds. The second-order valence-electron chi connectivity index (χ2n) is 7.36. The van der Waals surface area contributed by atoms with E-state index in [9.17, 15) is 9.18 Å². The zero-order valence-corrected chi connectivity index (χ0v) is 16.5. The van der Waals surface area contributed by atoms with Crippen molar-refractivity contribution in [3.8, 4) is 0 Å². The SMILES string of the molecule is CC(C)n1c(=O)n(Cc2nc3ccc(F)cc3n2CCCC=N)c2cnccc21. The summed E-state index contributed by atoms with van der Waals surface area (Å²) in [5.41, 5.74) is 2.85. The Morgan fingerprint density at radius 2 is 2.00 bits per heavy atom. The first-order chi connectivity index (χ1) is 14.0. The second-order valence-corrected chi connectivity index (χ2v) is 7.36. The Hall–Kier alpha value is -3.29. The van der Waals surface area contributed by atoms with E-state index in [4.69, 9.17) is 5.41 Å². The van der Waals surface area contributed by atoms with Crippen LogP contribution in [0.3, 0.4) is 0 Å². The number of hydrogen-bond donors (Lipinski definition) is 1. The molecular formula is C21H23FN6O. The summed E-state index contributed by atoms with van der Waals surface area (Å²) in [6, 6.07) is 6.37. The Kier molecular flexibility index (Phi) is 5.00. The second kappa shape index (κ2) is 7.62. The Balaban J connectivity index is 1.86. The zero-order valence-electron chi connectivity index (χ0n) is 16.5. The van der Waals surface area contributed by atoms with E-state index in [1.807, 2.05) is 24.5 Å². The van der Waals surface area contributed by atoms with Crippen LogP contribution in [0, 0.1) is 11.2 Å². The number of aromatic nitrogens is 5. The van der Waals surface area contributed by atoms with Crippen LogP contribution < -0.4 is 5.69 Å². The van der Waals surface area contributed by atoms with E-state index < -0.39 is 0 Å². The molecule has 0 radical (unpaired) electrons. The number of unbranched alkanes of at least 4 members (excludes halogenated alkanes) is 1. The molecule has 0 fully saturated rings. The highest BCUT2D eigenvalue weighted by Crippen LogP contribution is 2.21. The highest BCUT2D eigenvalue weighted by Gasteiger charge is 2.18. The van der Waals surface area contributed by atoms with Crippen molar-refractivity contribution in [3.63, 3.8) is 0 Å². The van der Waals surface area contributed by atoms with Crippen LogP contribution in [0.15, 0.2) is 41.5 Å². The summed E-state index contributed by atoms with van der Waals surface area (Å²) in [6.45, 7) is 4.81. The first kappa shape index (κ1) is 19.0. The van der Waals surface area contributed by atoms with Crippen LogP contribution in [0.2, 0.25) is 0 Å². The van der Waals surface area contributed by atoms with Crippen LogP contribution in [-0.2, 0) is 13.1 Å². The van der Waals surface area contributed by atoms with Crippen molar-refractivity contribution >= 4 is 28.3 Å². The average Bonchev–Trinajstić information content (AvgIpc) is 3.17. The van der Waals surface area contributed by atoms with E-state index in [0.717, 1.165) is 17.5 Å². The summed E-state index contributed by atoms with van der Waals surface area (Å²) in [7, 11) is 0. The molecule has 4 aromatic rings. The molecule has 29 heavy (non-hydrogen) atoms. The number of pyridine rings is 1. The molecule has 0 aliphatic carbocycles. The van der Waals surface area contributed by atoms with Gasteiger partial charge in [-0.05, 0) is 57.2 Å². The van der Waals surface area contributed by atoms with Gasteiger partial charge in [0.15, 0.2) is 0 Å². The van der Waals surface area contributed by atoms with Gasteiger partial charge >= 0.3 is 5.69 Å². The lowest BCUT2D eigenvalue weighted by atomic mass is 10.3. The number of hydrogen-bond acceptors (Lipinski definition) is 4. The molecule has 0 atom stereocenters. The number of fused-ring (bicyclic) bond motifs is 2. The number of nitrogens with zero attached hydrogens (tertiary/aromatic N) is 5. The van der Waals surface area contributed by atoms with Crippen LogP contribution in [0.25, 0.3) is 22.1 Å². The van der Waals surface area contributed by atoms with Gasteiger partial charge in [-0.25, -0.2) is 14.2 Å². The molecule has 150 valence electrons. The number of benzene rings is 1. The number of rotatable bonds is 7. The average molecular weight is 394 g/mol. The molecule has 1 N–H and O–H groups in total. The lowest BCUT2D eigenvalue weighted by molar-refractivity contribution is 0.561. The van der Waals surface area contributed by atoms with E-state index in [-0.39, 0.29) is 24.1 Å². The van der Waals surface area contributed by atoms with Gasteiger partial charge in [0, 0.05) is 18.8 Å². The van der Waals surface area contributed by atoms with Crippen molar-refractivity contribution in [1.82, 2.24) is 23.7 Å². The minimum atomic E-state index is -0.324. The summed E-state index contributed by atoms with van der Waals surface area (Å²) in [5, 5.41) is 7.26. The Labute approximate surface area is 166 Å². The van der Waals surface area contributed by atoms with E-state index in [1.165, 1.54) is 18.3 Å². The molecule has 0 unspecified atom stereocenters. The fourth-order valence-corrected chi connectivity index (χ4v) is 3.79. The predicted molar refractivity (Wildman–Crippen MR) is 111 cm³/mol.